The fraction of sp³-hybridized carbons (Fsp3) is 0.350. The van der Waals surface area contributed by atoms with E-state index in [1.165, 1.54) is 0 Å². The van der Waals surface area contributed by atoms with Gasteiger partial charge in [-0.15, -0.1) is 0 Å². The van der Waals surface area contributed by atoms with Crippen LogP contribution in [0.15, 0.2) is 36.4 Å². The number of halogens is 1. The van der Waals surface area contributed by atoms with E-state index < -0.39 is 0 Å². The average Bonchev–Trinajstić information content (AvgIpc) is 2.67. The molecule has 2 aromatic carbocycles. The third kappa shape index (κ3) is 4.84. The van der Waals surface area contributed by atoms with Crippen LogP contribution in [0.25, 0.3) is 0 Å². The van der Waals surface area contributed by atoms with Gasteiger partial charge in [0.05, 0.1) is 38.0 Å². The Kier molecular flexibility index (Phi) is 7.33. The van der Waals surface area contributed by atoms with Gasteiger partial charge < -0.3 is 24.4 Å². The molecule has 2 rings (SSSR count). The molecule has 0 fully saturated rings. The van der Waals surface area contributed by atoms with E-state index in [2.05, 4.69) is 5.32 Å². The normalized spacial score (nSPS) is 11.8. The van der Waals surface area contributed by atoms with Crippen LogP contribution < -0.4 is 19.5 Å². The standard InChI is InChI=1S/C20H25ClN2O4/c1-23(2)16(12-22-20(24)14-8-6-7-9-15(14)21)13-10-17(25-3)19(27-5)18(11-13)26-4/h6-11,16H,12H2,1-5H3,(H,22,24). The molecule has 0 heterocycles. The number of amides is 1. The molecule has 1 atom stereocenters. The van der Waals surface area contributed by atoms with Crippen LogP contribution in [0.4, 0.5) is 0 Å². The number of nitrogens with zero attached hydrogens (tertiary/aromatic N) is 1. The highest BCUT2D eigenvalue weighted by molar-refractivity contribution is 6.33. The van der Waals surface area contributed by atoms with Gasteiger partial charge in [-0.05, 0) is 43.9 Å². The van der Waals surface area contributed by atoms with Crippen LogP contribution in [0.5, 0.6) is 17.2 Å². The van der Waals surface area contributed by atoms with E-state index >= 15 is 0 Å². The summed E-state index contributed by atoms with van der Waals surface area (Å²) in [6.07, 6.45) is 0. The molecule has 7 heteroatoms. The van der Waals surface area contributed by atoms with E-state index in [-0.39, 0.29) is 11.9 Å². The largest absolute Gasteiger partial charge is 0.493 e. The molecule has 27 heavy (non-hydrogen) atoms. The lowest BCUT2D eigenvalue weighted by Gasteiger charge is -2.26. The molecular weight excluding hydrogens is 368 g/mol. The first-order chi connectivity index (χ1) is 12.9. The lowest BCUT2D eigenvalue weighted by atomic mass is 10.0. The fourth-order valence-corrected chi connectivity index (χ4v) is 3.04. The molecule has 146 valence electrons. The lowest BCUT2D eigenvalue weighted by molar-refractivity contribution is 0.0942. The van der Waals surface area contributed by atoms with Crippen LogP contribution in [0.1, 0.15) is 22.0 Å². The summed E-state index contributed by atoms with van der Waals surface area (Å²) < 4.78 is 16.2. The first-order valence-electron chi connectivity index (χ1n) is 8.42. The minimum atomic E-state index is -0.222. The SMILES string of the molecule is COc1cc(C(CNC(=O)c2ccccc2Cl)N(C)C)cc(OC)c1OC. The van der Waals surface area contributed by atoms with Crippen LogP contribution in [-0.4, -0.2) is 52.8 Å². The van der Waals surface area contributed by atoms with Gasteiger partial charge in [-0.2, -0.15) is 0 Å². The molecule has 0 spiro atoms. The molecule has 0 bridgehead atoms. The Morgan fingerprint density at radius 3 is 2.15 bits per heavy atom. The van der Waals surface area contributed by atoms with E-state index in [0.29, 0.717) is 34.4 Å². The number of rotatable bonds is 8. The summed E-state index contributed by atoms with van der Waals surface area (Å²) in [5, 5.41) is 3.37. The zero-order valence-corrected chi connectivity index (χ0v) is 17.0. The van der Waals surface area contributed by atoms with E-state index in [0.717, 1.165) is 5.56 Å². The summed E-state index contributed by atoms with van der Waals surface area (Å²) in [6.45, 7) is 0.385. The molecule has 1 amide bonds. The third-order valence-corrected chi connectivity index (χ3v) is 4.60. The minimum absolute atomic E-state index is 0.106. The maximum Gasteiger partial charge on any atom is 0.252 e. The number of hydrogen-bond donors (Lipinski definition) is 1. The quantitative estimate of drug-likeness (QED) is 0.746. The van der Waals surface area contributed by atoms with E-state index in [1.807, 2.05) is 31.1 Å². The van der Waals surface area contributed by atoms with Gasteiger partial charge in [0.25, 0.3) is 5.91 Å². The molecule has 0 aliphatic heterocycles. The van der Waals surface area contributed by atoms with E-state index in [9.17, 15) is 4.79 Å². The topological polar surface area (TPSA) is 60.0 Å². The molecule has 0 aliphatic rings. The van der Waals surface area contributed by atoms with E-state index in [4.69, 9.17) is 25.8 Å². The molecule has 0 aliphatic carbocycles. The molecule has 1 N–H and O–H groups in total. The van der Waals surface area contributed by atoms with Crippen molar-refractivity contribution in [2.45, 2.75) is 6.04 Å². The minimum Gasteiger partial charge on any atom is -0.493 e. The van der Waals surface area contributed by atoms with Crippen molar-refractivity contribution < 1.29 is 19.0 Å². The average molecular weight is 393 g/mol. The Hall–Kier alpha value is -2.44. The number of ether oxygens (including phenoxy) is 3. The number of carbonyl (C=O) groups excluding carboxylic acids is 1. The Morgan fingerprint density at radius 2 is 1.67 bits per heavy atom. The highest BCUT2D eigenvalue weighted by Crippen LogP contribution is 2.40. The van der Waals surface area contributed by atoms with Gasteiger partial charge in [-0.1, -0.05) is 23.7 Å². The Morgan fingerprint density at radius 1 is 1.07 bits per heavy atom. The van der Waals surface area contributed by atoms with Crippen molar-refractivity contribution in [3.8, 4) is 17.2 Å². The number of benzene rings is 2. The Bertz CT molecular complexity index is 770. The number of hydrogen-bond acceptors (Lipinski definition) is 5. The van der Waals surface area contributed by atoms with Crippen molar-refractivity contribution >= 4 is 17.5 Å². The Balaban J connectivity index is 2.27. The van der Waals surface area contributed by atoms with Crippen LogP contribution >= 0.6 is 11.6 Å². The van der Waals surface area contributed by atoms with Crippen molar-refractivity contribution in [2.24, 2.45) is 0 Å². The van der Waals surface area contributed by atoms with Gasteiger partial charge in [0.2, 0.25) is 5.75 Å². The van der Waals surface area contributed by atoms with Crippen LogP contribution in [-0.2, 0) is 0 Å². The van der Waals surface area contributed by atoms with Gasteiger partial charge in [0, 0.05) is 6.54 Å². The monoisotopic (exact) mass is 392 g/mol. The first kappa shape index (κ1) is 20.9. The smallest absolute Gasteiger partial charge is 0.252 e. The fourth-order valence-electron chi connectivity index (χ4n) is 2.82. The number of nitrogens with one attached hydrogen (secondary N) is 1. The molecule has 0 saturated heterocycles. The molecule has 0 aromatic heterocycles. The van der Waals surface area contributed by atoms with Gasteiger partial charge in [0.15, 0.2) is 11.5 Å². The van der Waals surface area contributed by atoms with Crippen LogP contribution in [0.2, 0.25) is 5.02 Å². The molecular formula is C20H25ClN2O4. The van der Waals surface area contributed by atoms with Gasteiger partial charge in [-0.3, -0.25) is 4.79 Å². The van der Waals surface area contributed by atoms with E-state index in [1.54, 1.807) is 45.6 Å². The van der Waals surface area contributed by atoms with Crippen LogP contribution in [0, 0.1) is 0 Å². The zero-order valence-electron chi connectivity index (χ0n) is 16.2. The van der Waals surface area contributed by atoms with Gasteiger partial charge >= 0.3 is 0 Å². The maximum atomic E-state index is 12.5. The summed E-state index contributed by atoms with van der Waals surface area (Å²) in [5.74, 6) is 1.44. The van der Waals surface area contributed by atoms with Crippen molar-refractivity contribution in [3.05, 3.63) is 52.5 Å². The summed E-state index contributed by atoms with van der Waals surface area (Å²) in [6, 6.07) is 10.6. The van der Waals surface area contributed by atoms with Crippen molar-refractivity contribution in [2.75, 3.05) is 42.0 Å². The van der Waals surface area contributed by atoms with Crippen LogP contribution in [0.3, 0.4) is 0 Å². The summed E-state index contributed by atoms with van der Waals surface area (Å²) in [7, 11) is 8.59. The highest BCUT2D eigenvalue weighted by atomic mass is 35.5. The summed E-state index contributed by atoms with van der Waals surface area (Å²) in [5.41, 5.74) is 1.37. The third-order valence-electron chi connectivity index (χ3n) is 4.27. The lowest BCUT2D eigenvalue weighted by Crippen LogP contribution is -2.34. The Labute approximate surface area is 165 Å². The number of carbonyl (C=O) groups is 1. The summed E-state index contributed by atoms with van der Waals surface area (Å²) in [4.78, 5) is 14.5. The summed E-state index contributed by atoms with van der Waals surface area (Å²) >= 11 is 6.11. The maximum absolute atomic E-state index is 12.5. The van der Waals surface area contributed by atoms with Crippen molar-refractivity contribution in [3.63, 3.8) is 0 Å². The second-order valence-corrected chi connectivity index (χ2v) is 6.54. The molecule has 6 nitrogen and oxygen atoms in total. The number of methoxy groups -OCH3 is 3. The highest BCUT2D eigenvalue weighted by Gasteiger charge is 2.21. The molecule has 1 unspecified atom stereocenters. The molecule has 0 saturated carbocycles. The first-order valence-corrected chi connectivity index (χ1v) is 8.79. The second kappa shape index (κ2) is 9.48. The molecule has 2 aromatic rings. The predicted octanol–water partition coefficient (Wildman–Crippen LogP) is 3.40. The molecule has 0 radical (unpaired) electrons. The zero-order chi connectivity index (χ0) is 20.0. The van der Waals surface area contributed by atoms with Crippen molar-refractivity contribution in [1.82, 2.24) is 10.2 Å². The van der Waals surface area contributed by atoms with Gasteiger partial charge in [0.1, 0.15) is 0 Å². The van der Waals surface area contributed by atoms with Crippen molar-refractivity contribution in [1.29, 1.82) is 0 Å². The predicted molar refractivity (Wildman–Crippen MR) is 106 cm³/mol. The number of likely N-dealkylation sites (N-methyl/N-ethyl adjacent to an activating group) is 1. The second-order valence-electron chi connectivity index (χ2n) is 6.13. The van der Waals surface area contributed by atoms with Gasteiger partial charge in [-0.25, -0.2) is 0 Å².